The summed E-state index contributed by atoms with van der Waals surface area (Å²) in [4.78, 5) is 16.2. The number of nitrogens with two attached hydrogens (primary N) is 1. The van der Waals surface area contributed by atoms with Crippen molar-refractivity contribution in [3.05, 3.63) is 35.0 Å². The first-order valence-electron chi connectivity index (χ1n) is 6.67. The lowest BCUT2D eigenvalue weighted by molar-refractivity contribution is 0.100. The molecule has 1 atom stereocenters. The number of nitrogens with zero attached hydrogens (tertiary/aromatic N) is 1. The number of carbonyl (C=O) groups excluding carboxylic acids is 1. The van der Waals surface area contributed by atoms with Gasteiger partial charge in [0.1, 0.15) is 11.9 Å². The van der Waals surface area contributed by atoms with Crippen LogP contribution in [0.3, 0.4) is 0 Å². The lowest BCUT2D eigenvalue weighted by Gasteiger charge is -2.19. The van der Waals surface area contributed by atoms with Crippen LogP contribution in [-0.4, -0.2) is 17.0 Å². The molecule has 0 saturated carbocycles. The molecule has 0 spiro atoms. The van der Waals surface area contributed by atoms with Crippen LogP contribution in [0.1, 0.15) is 34.5 Å². The van der Waals surface area contributed by atoms with Gasteiger partial charge in [0.2, 0.25) is 0 Å². The van der Waals surface area contributed by atoms with Gasteiger partial charge < -0.3 is 10.5 Å². The number of thiophene rings is 1. The fraction of sp³-hybridized carbons (Fsp3) is 0.333. The van der Waals surface area contributed by atoms with Gasteiger partial charge in [-0.2, -0.15) is 0 Å². The molecule has 0 radical (unpaired) electrons. The predicted molar refractivity (Wildman–Crippen MR) is 80.3 cm³/mol. The average molecular weight is 288 g/mol. The highest BCUT2D eigenvalue weighted by molar-refractivity contribution is 7.21. The Kier molecular flexibility index (Phi) is 3.44. The van der Waals surface area contributed by atoms with Crippen molar-refractivity contribution in [3.63, 3.8) is 0 Å². The first-order chi connectivity index (χ1) is 9.66. The summed E-state index contributed by atoms with van der Waals surface area (Å²) in [5, 5.41) is 0.956. The standard InChI is InChI=1S/C15H16N2O2S/c1-9-13-11(19-10-5-3-2-4-6-10)7-17-8-12(13)20-14(9)15(16)18/h3,5,7-8,10H,2,4,6H2,1H3,(H2,16,18). The summed E-state index contributed by atoms with van der Waals surface area (Å²) in [5.41, 5.74) is 6.30. The molecule has 1 amide bonds. The van der Waals surface area contributed by atoms with Crippen molar-refractivity contribution >= 4 is 27.3 Å². The third-order valence-corrected chi connectivity index (χ3v) is 4.76. The molecule has 2 aromatic heterocycles. The number of hydrogen-bond acceptors (Lipinski definition) is 4. The molecule has 2 aromatic rings. The number of pyridine rings is 1. The van der Waals surface area contributed by atoms with Crippen molar-refractivity contribution < 1.29 is 9.53 Å². The summed E-state index contributed by atoms with van der Waals surface area (Å²) in [6, 6.07) is 0. The van der Waals surface area contributed by atoms with E-state index in [1.807, 2.05) is 6.92 Å². The number of fused-ring (bicyclic) bond motifs is 1. The average Bonchev–Trinajstić information content (AvgIpc) is 2.79. The number of allylic oxidation sites excluding steroid dienone is 1. The van der Waals surface area contributed by atoms with Crippen molar-refractivity contribution in [3.8, 4) is 5.75 Å². The minimum absolute atomic E-state index is 0.0903. The number of rotatable bonds is 3. The number of ether oxygens (including phenoxy) is 1. The largest absolute Gasteiger partial charge is 0.484 e. The van der Waals surface area contributed by atoms with Crippen molar-refractivity contribution in [2.75, 3.05) is 0 Å². The van der Waals surface area contributed by atoms with E-state index in [-0.39, 0.29) is 6.10 Å². The van der Waals surface area contributed by atoms with Crippen molar-refractivity contribution in [2.45, 2.75) is 32.3 Å². The Balaban J connectivity index is 2.04. The van der Waals surface area contributed by atoms with Gasteiger partial charge in [0.05, 0.1) is 15.8 Å². The Hall–Kier alpha value is -1.88. The maximum atomic E-state index is 11.5. The Bertz CT molecular complexity index is 690. The fourth-order valence-electron chi connectivity index (χ4n) is 2.54. The topological polar surface area (TPSA) is 65.2 Å². The molecular formula is C15H16N2O2S. The molecule has 3 rings (SSSR count). The van der Waals surface area contributed by atoms with Crippen LogP contribution in [0.15, 0.2) is 24.5 Å². The molecule has 1 aliphatic carbocycles. The maximum absolute atomic E-state index is 11.5. The van der Waals surface area contributed by atoms with Gasteiger partial charge in [0, 0.05) is 11.6 Å². The molecule has 0 aliphatic heterocycles. The van der Waals surface area contributed by atoms with Gasteiger partial charge in [-0.15, -0.1) is 11.3 Å². The third-order valence-electron chi connectivity index (χ3n) is 3.52. The SMILES string of the molecule is Cc1c(C(N)=O)sc2cncc(OC3C=CCCC3)c12. The lowest BCUT2D eigenvalue weighted by atomic mass is 10.1. The quantitative estimate of drug-likeness (QED) is 0.882. The van der Waals surface area contributed by atoms with Gasteiger partial charge in [-0.3, -0.25) is 9.78 Å². The van der Waals surface area contributed by atoms with Crippen molar-refractivity contribution in [1.29, 1.82) is 0 Å². The van der Waals surface area contributed by atoms with Gasteiger partial charge in [0.25, 0.3) is 5.91 Å². The minimum Gasteiger partial charge on any atom is -0.484 e. The molecule has 2 N–H and O–H groups in total. The second-order valence-corrected chi connectivity index (χ2v) is 6.00. The van der Waals surface area contributed by atoms with Gasteiger partial charge in [0.15, 0.2) is 0 Å². The smallest absolute Gasteiger partial charge is 0.259 e. The monoisotopic (exact) mass is 288 g/mol. The van der Waals surface area contributed by atoms with E-state index in [0.717, 1.165) is 40.7 Å². The molecule has 0 aromatic carbocycles. The second-order valence-electron chi connectivity index (χ2n) is 4.95. The van der Waals surface area contributed by atoms with Gasteiger partial charge in [-0.1, -0.05) is 6.08 Å². The van der Waals surface area contributed by atoms with Crippen LogP contribution in [0.4, 0.5) is 0 Å². The molecule has 104 valence electrons. The normalized spacial score (nSPS) is 18.4. The van der Waals surface area contributed by atoms with Crippen LogP contribution in [0.25, 0.3) is 10.1 Å². The first kappa shape index (κ1) is 13.1. The molecular weight excluding hydrogens is 272 g/mol. The van der Waals surface area contributed by atoms with E-state index in [9.17, 15) is 4.79 Å². The molecule has 5 heteroatoms. The number of hydrogen-bond donors (Lipinski definition) is 1. The van der Waals surface area contributed by atoms with E-state index in [1.54, 1.807) is 12.4 Å². The lowest BCUT2D eigenvalue weighted by Crippen LogP contribution is -2.16. The molecule has 20 heavy (non-hydrogen) atoms. The Morgan fingerprint density at radius 2 is 2.35 bits per heavy atom. The van der Waals surface area contributed by atoms with Crippen LogP contribution in [0.2, 0.25) is 0 Å². The number of carbonyl (C=O) groups is 1. The van der Waals surface area contributed by atoms with Crippen LogP contribution in [-0.2, 0) is 0 Å². The van der Waals surface area contributed by atoms with Gasteiger partial charge in [-0.05, 0) is 37.8 Å². The number of amides is 1. The highest BCUT2D eigenvalue weighted by atomic mass is 32.1. The van der Waals surface area contributed by atoms with E-state index in [4.69, 9.17) is 10.5 Å². The van der Waals surface area contributed by atoms with E-state index in [2.05, 4.69) is 17.1 Å². The summed E-state index contributed by atoms with van der Waals surface area (Å²) in [7, 11) is 0. The van der Waals surface area contributed by atoms with Gasteiger partial charge >= 0.3 is 0 Å². The van der Waals surface area contributed by atoms with Crippen LogP contribution < -0.4 is 10.5 Å². The Labute approximate surface area is 121 Å². The Morgan fingerprint density at radius 3 is 3.05 bits per heavy atom. The zero-order valence-corrected chi connectivity index (χ0v) is 12.1. The van der Waals surface area contributed by atoms with E-state index in [1.165, 1.54) is 11.3 Å². The van der Waals surface area contributed by atoms with E-state index >= 15 is 0 Å². The number of aryl methyl sites for hydroxylation is 1. The predicted octanol–water partition coefficient (Wildman–Crippen LogP) is 3.19. The van der Waals surface area contributed by atoms with Crippen molar-refractivity contribution in [1.82, 2.24) is 4.98 Å². The number of aromatic nitrogens is 1. The van der Waals surface area contributed by atoms with E-state index < -0.39 is 5.91 Å². The summed E-state index contributed by atoms with van der Waals surface area (Å²) < 4.78 is 6.99. The molecule has 0 fully saturated rings. The maximum Gasteiger partial charge on any atom is 0.259 e. The Morgan fingerprint density at radius 1 is 1.50 bits per heavy atom. The molecule has 1 aliphatic rings. The summed E-state index contributed by atoms with van der Waals surface area (Å²) in [6.07, 6.45) is 11.1. The molecule has 4 nitrogen and oxygen atoms in total. The second kappa shape index (κ2) is 5.25. The first-order valence-corrected chi connectivity index (χ1v) is 7.48. The van der Waals surface area contributed by atoms with Crippen LogP contribution >= 0.6 is 11.3 Å². The summed E-state index contributed by atoms with van der Waals surface area (Å²) >= 11 is 1.37. The van der Waals surface area contributed by atoms with E-state index in [0.29, 0.717) is 4.88 Å². The van der Waals surface area contributed by atoms with Crippen LogP contribution in [0, 0.1) is 6.92 Å². The van der Waals surface area contributed by atoms with Gasteiger partial charge in [-0.25, -0.2) is 0 Å². The summed E-state index contributed by atoms with van der Waals surface area (Å²) in [6.45, 7) is 1.91. The minimum atomic E-state index is -0.396. The van der Waals surface area contributed by atoms with Crippen LogP contribution in [0.5, 0.6) is 5.75 Å². The molecule has 0 bridgehead atoms. The zero-order valence-electron chi connectivity index (χ0n) is 11.3. The highest BCUT2D eigenvalue weighted by Gasteiger charge is 2.18. The number of primary amides is 1. The fourth-order valence-corrected chi connectivity index (χ4v) is 3.58. The molecule has 1 unspecified atom stereocenters. The van der Waals surface area contributed by atoms with Crippen molar-refractivity contribution in [2.24, 2.45) is 5.73 Å². The summed E-state index contributed by atoms with van der Waals surface area (Å²) in [5.74, 6) is 0.340. The third kappa shape index (κ3) is 2.29. The molecule has 2 heterocycles. The molecule has 0 saturated heterocycles. The zero-order chi connectivity index (χ0) is 14.1. The highest BCUT2D eigenvalue weighted by Crippen LogP contribution is 2.37.